The predicted octanol–water partition coefficient (Wildman–Crippen LogP) is 1.20. The van der Waals surface area contributed by atoms with Gasteiger partial charge in [-0.15, -0.1) is 0 Å². The minimum absolute atomic E-state index is 0.0937. The Morgan fingerprint density at radius 2 is 1.90 bits per heavy atom. The van der Waals surface area contributed by atoms with E-state index >= 15 is 0 Å². The highest BCUT2D eigenvalue weighted by Gasteiger charge is 2.35. The summed E-state index contributed by atoms with van der Waals surface area (Å²) in [6, 6.07) is 0. The quantitative estimate of drug-likeness (QED) is 0.771. The summed E-state index contributed by atoms with van der Waals surface area (Å²) in [5.41, 5.74) is 0. The summed E-state index contributed by atoms with van der Waals surface area (Å²) in [6.07, 6.45) is 8.18. The smallest absolute Gasteiger partial charge is 0.279 e. The molecule has 1 saturated heterocycles. The van der Waals surface area contributed by atoms with Crippen LogP contribution < -0.4 is 4.72 Å². The van der Waals surface area contributed by atoms with Gasteiger partial charge in [-0.25, -0.2) is 4.72 Å². The van der Waals surface area contributed by atoms with E-state index in [2.05, 4.69) is 11.0 Å². The lowest BCUT2D eigenvalue weighted by atomic mass is 10.00. The molecule has 1 aliphatic carbocycles. The van der Waals surface area contributed by atoms with E-state index in [0.29, 0.717) is 19.6 Å². The second-order valence-electron chi connectivity index (χ2n) is 5.95. The van der Waals surface area contributed by atoms with Gasteiger partial charge in [0.1, 0.15) is 0 Å². The molecule has 2 rings (SSSR count). The maximum absolute atomic E-state index is 12.3. The number of aliphatic hydroxyl groups is 1. The minimum atomic E-state index is -3.36. The molecule has 1 saturated carbocycles. The van der Waals surface area contributed by atoms with Crippen LogP contribution in [0.5, 0.6) is 0 Å². The van der Waals surface area contributed by atoms with Gasteiger partial charge in [0.05, 0.1) is 0 Å². The molecule has 5 nitrogen and oxygen atoms in total. The maximum Gasteiger partial charge on any atom is 0.279 e. The van der Waals surface area contributed by atoms with Crippen molar-refractivity contribution in [2.75, 3.05) is 32.5 Å². The third-order valence-electron chi connectivity index (χ3n) is 4.70. The molecular formula is C13H26N2O3S2. The van der Waals surface area contributed by atoms with E-state index in [1.165, 1.54) is 17.1 Å². The number of nitrogens with zero attached hydrogens (tertiary/aromatic N) is 1. The van der Waals surface area contributed by atoms with Gasteiger partial charge in [0.15, 0.2) is 0 Å². The molecule has 0 aromatic rings. The van der Waals surface area contributed by atoms with Gasteiger partial charge in [0, 0.05) is 31.0 Å². The van der Waals surface area contributed by atoms with Crippen LogP contribution >= 0.6 is 11.8 Å². The summed E-state index contributed by atoms with van der Waals surface area (Å²) in [5, 5.41) is 9.11. The Kier molecular flexibility index (Phi) is 5.76. The van der Waals surface area contributed by atoms with Crippen LogP contribution in [0.25, 0.3) is 0 Å². The van der Waals surface area contributed by atoms with Crippen molar-refractivity contribution in [1.29, 1.82) is 0 Å². The zero-order valence-corrected chi connectivity index (χ0v) is 13.8. The maximum atomic E-state index is 12.3. The Morgan fingerprint density at radius 1 is 1.30 bits per heavy atom. The van der Waals surface area contributed by atoms with Crippen LogP contribution in [-0.2, 0) is 10.2 Å². The molecule has 2 aliphatic rings. The zero-order valence-electron chi connectivity index (χ0n) is 12.2. The van der Waals surface area contributed by atoms with Crippen molar-refractivity contribution < 1.29 is 13.5 Å². The molecule has 0 aromatic heterocycles. The van der Waals surface area contributed by atoms with Crippen LogP contribution in [0.2, 0.25) is 0 Å². The summed E-state index contributed by atoms with van der Waals surface area (Å²) in [5.74, 6) is 0.258. The molecule has 0 bridgehead atoms. The molecule has 0 radical (unpaired) electrons. The van der Waals surface area contributed by atoms with Crippen molar-refractivity contribution in [3.8, 4) is 0 Å². The van der Waals surface area contributed by atoms with Crippen LogP contribution in [0.15, 0.2) is 0 Å². The van der Waals surface area contributed by atoms with E-state index in [9.17, 15) is 8.42 Å². The first-order chi connectivity index (χ1) is 9.51. The van der Waals surface area contributed by atoms with E-state index in [-0.39, 0.29) is 17.3 Å². The van der Waals surface area contributed by atoms with Gasteiger partial charge >= 0.3 is 0 Å². The summed E-state index contributed by atoms with van der Waals surface area (Å²) in [6.45, 7) is 1.74. The second-order valence-corrected chi connectivity index (χ2v) is 8.97. The van der Waals surface area contributed by atoms with E-state index in [0.717, 1.165) is 25.7 Å². The average molecular weight is 322 g/mol. The van der Waals surface area contributed by atoms with Gasteiger partial charge in [-0.05, 0) is 37.9 Å². The molecule has 1 heterocycles. The number of thioether (sulfide) groups is 1. The van der Waals surface area contributed by atoms with Crippen molar-refractivity contribution in [1.82, 2.24) is 9.03 Å². The van der Waals surface area contributed by atoms with Gasteiger partial charge in [0.2, 0.25) is 0 Å². The highest BCUT2D eigenvalue weighted by atomic mass is 32.2. The number of hydrogen-bond acceptors (Lipinski definition) is 4. The van der Waals surface area contributed by atoms with Crippen LogP contribution in [0.4, 0.5) is 0 Å². The van der Waals surface area contributed by atoms with Gasteiger partial charge in [-0.3, -0.25) is 0 Å². The van der Waals surface area contributed by atoms with Gasteiger partial charge in [-0.1, -0.05) is 12.8 Å². The van der Waals surface area contributed by atoms with Crippen LogP contribution in [0, 0.1) is 5.92 Å². The molecule has 0 aromatic carbocycles. The van der Waals surface area contributed by atoms with Crippen molar-refractivity contribution in [3.05, 3.63) is 0 Å². The molecule has 20 heavy (non-hydrogen) atoms. The lowest BCUT2D eigenvalue weighted by Gasteiger charge is -2.32. The Bertz CT molecular complexity index is 400. The monoisotopic (exact) mass is 322 g/mol. The first kappa shape index (κ1) is 16.5. The zero-order chi connectivity index (χ0) is 14.6. The Balaban J connectivity index is 1.88. The molecule has 0 atom stereocenters. The molecular weight excluding hydrogens is 296 g/mol. The number of hydrogen-bond donors (Lipinski definition) is 2. The standard InChI is InChI=1S/C13H26N2O3S2/c1-19-13(6-2-3-7-13)11-14-20(17,18)15-8-4-12(10-16)5-9-15/h12,14,16H,2-11H2,1H3. The molecule has 2 N–H and O–H groups in total. The van der Waals surface area contributed by atoms with Crippen molar-refractivity contribution in [3.63, 3.8) is 0 Å². The topological polar surface area (TPSA) is 69.6 Å². The van der Waals surface area contributed by atoms with Gasteiger partial charge in [0.25, 0.3) is 10.2 Å². The molecule has 1 aliphatic heterocycles. The lowest BCUT2D eigenvalue weighted by molar-refractivity contribution is 0.169. The second kappa shape index (κ2) is 6.96. The summed E-state index contributed by atoms with van der Waals surface area (Å²) in [7, 11) is -3.36. The molecule has 118 valence electrons. The summed E-state index contributed by atoms with van der Waals surface area (Å²) in [4.78, 5) is 0. The van der Waals surface area contributed by atoms with Gasteiger partial charge < -0.3 is 5.11 Å². The molecule has 0 unspecified atom stereocenters. The number of rotatable bonds is 6. The Labute approximate surface area is 126 Å². The van der Waals surface area contributed by atoms with Gasteiger partial charge in [-0.2, -0.15) is 24.5 Å². The molecule has 2 fully saturated rings. The van der Waals surface area contributed by atoms with Crippen molar-refractivity contribution in [2.24, 2.45) is 5.92 Å². The summed E-state index contributed by atoms with van der Waals surface area (Å²) < 4.78 is 29.1. The minimum Gasteiger partial charge on any atom is -0.396 e. The predicted molar refractivity (Wildman–Crippen MR) is 83.0 cm³/mol. The number of piperidine rings is 1. The van der Waals surface area contributed by atoms with E-state index in [1.807, 2.05) is 0 Å². The Hall–Kier alpha value is 0.180. The SMILES string of the molecule is CSC1(CNS(=O)(=O)N2CCC(CO)CC2)CCCC1. The van der Waals surface area contributed by atoms with E-state index in [1.54, 1.807) is 11.8 Å². The fourth-order valence-electron chi connectivity index (χ4n) is 3.12. The largest absolute Gasteiger partial charge is 0.396 e. The fourth-order valence-corrected chi connectivity index (χ4v) is 5.46. The third-order valence-corrected chi connectivity index (χ3v) is 7.67. The van der Waals surface area contributed by atoms with E-state index in [4.69, 9.17) is 5.11 Å². The first-order valence-electron chi connectivity index (χ1n) is 7.42. The fraction of sp³-hybridized carbons (Fsp3) is 1.00. The van der Waals surface area contributed by atoms with E-state index < -0.39 is 10.2 Å². The summed E-state index contributed by atoms with van der Waals surface area (Å²) >= 11 is 1.79. The molecule has 0 spiro atoms. The lowest BCUT2D eigenvalue weighted by Crippen LogP contribution is -2.48. The number of aliphatic hydroxyl groups excluding tert-OH is 1. The van der Waals surface area contributed by atoms with Crippen molar-refractivity contribution >= 4 is 22.0 Å². The van der Waals surface area contributed by atoms with Crippen LogP contribution in [0.3, 0.4) is 0 Å². The van der Waals surface area contributed by atoms with Crippen LogP contribution in [-0.4, -0.2) is 55.1 Å². The average Bonchev–Trinajstić information content (AvgIpc) is 2.95. The number of nitrogens with one attached hydrogen (secondary N) is 1. The highest BCUT2D eigenvalue weighted by molar-refractivity contribution is 8.00. The molecule has 0 amide bonds. The Morgan fingerprint density at radius 3 is 2.40 bits per heavy atom. The van der Waals surface area contributed by atoms with Crippen molar-refractivity contribution in [2.45, 2.75) is 43.3 Å². The molecule has 7 heteroatoms. The normalized spacial score (nSPS) is 25.1. The first-order valence-corrected chi connectivity index (χ1v) is 10.1. The third kappa shape index (κ3) is 3.88. The van der Waals surface area contributed by atoms with Crippen LogP contribution in [0.1, 0.15) is 38.5 Å². The highest BCUT2D eigenvalue weighted by Crippen LogP contribution is 2.39.